The largest absolute Gasteiger partial charge is 0.497 e. The SMILES string of the molecule is CN=C(NCCc1ccc(OC)cc1)NC1CCN(c2ccc(F)cc2F)C1.I. The molecule has 0 aliphatic carbocycles. The number of ether oxygens (including phenoxy) is 1. The highest BCUT2D eigenvalue weighted by molar-refractivity contribution is 14.0. The van der Waals surface area contributed by atoms with Crippen LogP contribution in [0.3, 0.4) is 0 Å². The molecule has 1 atom stereocenters. The van der Waals surface area contributed by atoms with E-state index in [1.807, 2.05) is 29.2 Å². The Bertz CT molecular complexity index is 817. The molecule has 0 aromatic heterocycles. The zero-order valence-electron chi connectivity index (χ0n) is 16.6. The number of hydrogen-bond donors (Lipinski definition) is 2. The molecule has 1 heterocycles. The van der Waals surface area contributed by atoms with Crippen molar-refractivity contribution >= 4 is 35.6 Å². The van der Waals surface area contributed by atoms with Crippen LogP contribution < -0.4 is 20.3 Å². The standard InChI is InChI=1S/C21H26F2N4O.HI/c1-24-21(25-11-9-15-3-6-18(28-2)7-4-15)26-17-10-12-27(14-17)20-8-5-16(22)13-19(20)23;/h3-8,13,17H,9-12,14H2,1-2H3,(H2,24,25,26);1H. The first-order valence-electron chi connectivity index (χ1n) is 9.39. The van der Waals surface area contributed by atoms with Crippen LogP contribution in [0.2, 0.25) is 0 Å². The highest BCUT2D eigenvalue weighted by Gasteiger charge is 2.25. The second-order valence-electron chi connectivity index (χ2n) is 6.77. The third-order valence-corrected chi connectivity index (χ3v) is 4.87. The van der Waals surface area contributed by atoms with Crippen molar-refractivity contribution in [3.05, 3.63) is 59.7 Å². The van der Waals surface area contributed by atoms with E-state index < -0.39 is 11.6 Å². The van der Waals surface area contributed by atoms with Crippen LogP contribution >= 0.6 is 24.0 Å². The van der Waals surface area contributed by atoms with Crippen LogP contribution in [-0.2, 0) is 6.42 Å². The molecule has 1 saturated heterocycles. The van der Waals surface area contributed by atoms with E-state index >= 15 is 0 Å². The fraction of sp³-hybridized carbons (Fsp3) is 0.381. The average Bonchev–Trinajstić information content (AvgIpc) is 3.16. The Morgan fingerprint density at radius 3 is 2.62 bits per heavy atom. The summed E-state index contributed by atoms with van der Waals surface area (Å²) in [6.07, 6.45) is 1.72. The number of anilines is 1. The fourth-order valence-electron chi connectivity index (χ4n) is 3.34. The van der Waals surface area contributed by atoms with Gasteiger partial charge >= 0.3 is 0 Å². The molecule has 0 spiro atoms. The summed E-state index contributed by atoms with van der Waals surface area (Å²) < 4.78 is 32.3. The summed E-state index contributed by atoms with van der Waals surface area (Å²) in [4.78, 5) is 6.20. The third kappa shape index (κ3) is 6.45. The van der Waals surface area contributed by atoms with Crippen molar-refractivity contribution in [2.24, 2.45) is 4.99 Å². The molecule has 5 nitrogen and oxygen atoms in total. The number of hydrogen-bond acceptors (Lipinski definition) is 3. The maximum Gasteiger partial charge on any atom is 0.191 e. The van der Waals surface area contributed by atoms with Crippen molar-refractivity contribution in [2.75, 3.05) is 38.7 Å². The number of nitrogens with one attached hydrogen (secondary N) is 2. The van der Waals surface area contributed by atoms with Gasteiger partial charge in [0.05, 0.1) is 12.8 Å². The van der Waals surface area contributed by atoms with Crippen LogP contribution in [0.25, 0.3) is 0 Å². The number of benzene rings is 2. The molecule has 1 aliphatic heterocycles. The topological polar surface area (TPSA) is 48.9 Å². The number of nitrogens with zero attached hydrogens (tertiary/aromatic N) is 2. The number of rotatable bonds is 6. The lowest BCUT2D eigenvalue weighted by molar-refractivity contribution is 0.414. The van der Waals surface area contributed by atoms with E-state index in [1.165, 1.54) is 17.7 Å². The Labute approximate surface area is 187 Å². The Balaban J connectivity index is 0.00000300. The predicted octanol–water partition coefficient (Wildman–Crippen LogP) is 3.58. The third-order valence-electron chi connectivity index (χ3n) is 4.87. The molecular weight excluding hydrogens is 489 g/mol. The van der Waals surface area contributed by atoms with E-state index in [2.05, 4.69) is 15.6 Å². The molecule has 2 aromatic rings. The first-order valence-corrected chi connectivity index (χ1v) is 9.39. The van der Waals surface area contributed by atoms with E-state index in [1.54, 1.807) is 14.2 Å². The van der Waals surface area contributed by atoms with Gasteiger partial charge < -0.3 is 20.3 Å². The Kier molecular flexibility index (Phi) is 8.94. The zero-order valence-corrected chi connectivity index (χ0v) is 19.0. The smallest absolute Gasteiger partial charge is 0.191 e. The zero-order chi connectivity index (χ0) is 19.9. The molecule has 0 saturated carbocycles. The monoisotopic (exact) mass is 516 g/mol. The van der Waals surface area contributed by atoms with Gasteiger partial charge in [-0.1, -0.05) is 12.1 Å². The summed E-state index contributed by atoms with van der Waals surface area (Å²) in [6, 6.07) is 11.8. The molecule has 29 heavy (non-hydrogen) atoms. The van der Waals surface area contributed by atoms with Gasteiger partial charge in [0, 0.05) is 38.8 Å². The van der Waals surface area contributed by atoms with Gasteiger partial charge in [0.15, 0.2) is 5.96 Å². The molecule has 3 rings (SSSR count). The lowest BCUT2D eigenvalue weighted by Gasteiger charge is -2.21. The van der Waals surface area contributed by atoms with E-state index in [9.17, 15) is 8.78 Å². The molecule has 0 bridgehead atoms. The van der Waals surface area contributed by atoms with Crippen LogP contribution in [-0.4, -0.2) is 45.8 Å². The van der Waals surface area contributed by atoms with Gasteiger partial charge in [-0.05, 0) is 42.7 Å². The fourth-order valence-corrected chi connectivity index (χ4v) is 3.34. The molecule has 0 radical (unpaired) electrons. The van der Waals surface area contributed by atoms with Crippen LogP contribution in [0.5, 0.6) is 5.75 Å². The molecule has 1 fully saturated rings. The molecular formula is C21H27F2IN4O. The second kappa shape index (κ2) is 11.2. The quantitative estimate of drug-likeness (QED) is 0.350. The maximum absolute atomic E-state index is 14.0. The summed E-state index contributed by atoms with van der Waals surface area (Å²) in [7, 11) is 3.38. The van der Waals surface area contributed by atoms with Gasteiger partial charge in [0.1, 0.15) is 17.4 Å². The van der Waals surface area contributed by atoms with Gasteiger partial charge in [0.2, 0.25) is 0 Å². The van der Waals surface area contributed by atoms with Gasteiger partial charge in [-0.2, -0.15) is 0 Å². The number of aliphatic imine (C=N–C) groups is 1. The molecule has 2 N–H and O–H groups in total. The molecule has 158 valence electrons. The minimum absolute atomic E-state index is 0. The molecule has 2 aromatic carbocycles. The molecule has 0 amide bonds. The van der Waals surface area contributed by atoms with E-state index in [0.717, 1.165) is 37.2 Å². The van der Waals surface area contributed by atoms with E-state index in [-0.39, 0.29) is 30.0 Å². The average molecular weight is 516 g/mol. The van der Waals surface area contributed by atoms with Crippen molar-refractivity contribution in [1.82, 2.24) is 10.6 Å². The van der Waals surface area contributed by atoms with Crippen molar-refractivity contribution in [1.29, 1.82) is 0 Å². The van der Waals surface area contributed by atoms with Crippen molar-refractivity contribution in [3.8, 4) is 5.75 Å². The van der Waals surface area contributed by atoms with Gasteiger partial charge in [-0.3, -0.25) is 4.99 Å². The van der Waals surface area contributed by atoms with Crippen LogP contribution in [0.4, 0.5) is 14.5 Å². The molecule has 1 unspecified atom stereocenters. The minimum atomic E-state index is -0.559. The Hall–Kier alpha value is -2.10. The lowest BCUT2D eigenvalue weighted by Crippen LogP contribution is -2.45. The normalized spacial score (nSPS) is 16.3. The molecule has 8 heteroatoms. The summed E-state index contributed by atoms with van der Waals surface area (Å²) in [5.74, 6) is 0.483. The van der Waals surface area contributed by atoms with Gasteiger partial charge in [0.25, 0.3) is 0 Å². The van der Waals surface area contributed by atoms with Crippen molar-refractivity contribution in [3.63, 3.8) is 0 Å². The summed E-state index contributed by atoms with van der Waals surface area (Å²) in [5, 5.41) is 6.69. The van der Waals surface area contributed by atoms with Crippen LogP contribution in [0.1, 0.15) is 12.0 Å². The number of halogens is 3. The highest BCUT2D eigenvalue weighted by atomic mass is 127. The van der Waals surface area contributed by atoms with E-state index in [0.29, 0.717) is 18.8 Å². The number of guanidine groups is 1. The number of methoxy groups -OCH3 is 1. The van der Waals surface area contributed by atoms with Crippen LogP contribution in [0.15, 0.2) is 47.5 Å². The summed E-state index contributed by atoms with van der Waals surface area (Å²) >= 11 is 0. The predicted molar refractivity (Wildman–Crippen MR) is 124 cm³/mol. The summed E-state index contributed by atoms with van der Waals surface area (Å²) in [5.41, 5.74) is 1.65. The molecule has 1 aliphatic rings. The maximum atomic E-state index is 14.0. The van der Waals surface area contributed by atoms with Crippen LogP contribution in [0, 0.1) is 11.6 Å². The van der Waals surface area contributed by atoms with Gasteiger partial charge in [-0.15, -0.1) is 24.0 Å². The van der Waals surface area contributed by atoms with Gasteiger partial charge in [-0.25, -0.2) is 8.78 Å². The van der Waals surface area contributed by atoms with Crippen molar-refractivity contribution < 1.29 is 13.5 Å². The van der Waals surface area contributed by atoms with E-state index in [4.69, 9.17) is 4.74 Å². The minimum Gasteiger partial charge on any atom is -0.497 e. The summed E-state index contributed by atoms with van der Waals surface area (Å²) in [6.45, 7) is 2.10. The highest BCUT2D eigenvalue weighted by Crippen LogP contribution is 2.24. The second-order valence-corrected chi connectivity index (χ2v) is 6.77. The lowest BCUT2D eigenvalue weighted by atomic mass is 10.1. The first kappa shape index (κ1) is 23.2. The first-order chi connectivity index (χ1) is 13.6. The Morgan fingerprint density at radius 1 is 1.21 bits per heavy atom. The Morgan fingerprint density at radius 2 is 1.97 bits per heavy atom. The van der Waals surface area contributed by atoms with Crippen molar-refractivity contribution in [2.45, 2.75) is 18.9 Å².